The Balaban J connectivity index is 2.06. The smallest absolute Gasteiger partial charge is 0.312 e. The number of primary sulfonamides is 1. The van der Waals surface area contributed by atoms with E-state index in [0.717, 1.165) is 0 Å². The fraction of sp³-hybridized carbons (Fsp3) is 0.889. The zero-order valence-corrected chi connectivity index (χ0v) is 9.66. The predicted octanol–water partition coefficient (Wildman–Crippen LogP) is -0.613. The Kier molecular flexibility index (Phi) is 2.93. The molecule has 2 saturated heterocycles. The zero-order valence-electron chi connectivity index (χ0n) is 8.85. The number of hydrogen-bond donors (Lipinski definition) is 1. The lowest BCUT2D eigenvalue weighted by molar-refractivity contribution is -0.152. The maximum atomic E-state index is 11.7. The van der Waals surface area contributed by atoms with Gasteiger partial charge in [-0.15, -0.1) is 0 Å². The lowest BCUT2D eigenvalue weighted by atomic mass is 9.78. The van der Waals surface area contributed by atoms with Gasteiger partial charge in [0.05, 0.1) is 5.41 Å². The van der Waals surface area contributed by atoms with E-state index in [0.29, 0.717) is 32.5 Å². The molecule has 0 aromatic rings. The predicted molar refractivity (Wildman–Crippen MR) is 55.0 cm³/mol. The molecule has 2 heterocycles. The van der Waals surface area contributed by atoms with Crippen LogP contribution < -0.4 is 5.14 Å². The van der Waals surface area contributed by atoms with E-state index in [1.54, 1.807) is 0 Å². The average molecular weight is 249 g/mol. The molecule has 0 aliphatic carbocycles. The van der Waals surface area contributed by atoms with Crippen molar-refractivity contribution in [1.29, 1.82) is 0 Å². The van der Waals surface area contributed by atoms with Gasteiger partial charge in [0.1, 0.15) is 11.9 Å². The van der Waals surface area contributed by atoms with E-state index in [1.807, 2.05) is 0 Å². The van der Waals surface area contributed by atoms with Crippen molar-refractivity contribution in [1.82, 2.24) is 0 Å². The van der Waals surface area contributed by atoms with Gasteiger partial charge >= 0.3 is 5.97 Å². The van der Waals surface area contributed by atoms with E-state index in [4.69, 9.17) is 14.6 Å². The van der Waals surface area contributed by atoms with Gasteiger partial charge in [-0.2, -0.15) is 0 Å². The van der Waals surface area contributed by atoms with E-state index < -0.39 is 21.5 Å². The Morgan fingerprint density at radius 3 is 2.56 bits per heavy atom. The lowest BCUT2D eigenvalue weighted by Gasteiger charge is -2.28. The van der Waals surface area contributed by atoms with E-state index in [1.165, 1.54) is 0 Å². The van der Waals surface area contributed by atoms with Gasteiger partial charge in [-0.25, -0.2) is 13.6 Å². The summed E-state index contributed by atoms with van der Waals surface area (Å²) in [6, 6.07) is 0. The van der Waals surface area contributed by atoms with Gasteiger partial charge in [0.15, 0.2) is 0 Å². The standard InChI is InChI=1S/C9H15NO5S/c10-16(12,13)6-7-5-9(8(11)15-7)1-3-14-4-2-9/h7H,1-6H2,(H2,10,12,13). The molecule has 2 aliphatic heterocycles. The lowest BCUT2D eigenvalue weighted by Crippen LogP contribution is -2.33. The molecule has 16 heavy (non-hydrogen) atoms. The molecule has 92 valence electrons. The maximum absolute atomic E-state index is 11.7. The normalized spacial score (nSPS) is 29.3. The second-order valence-electron chi connectivity index (χ2n) is 4.45. The molecule has 0 amide bonds. The largest absolute Gasteiger partial charge is 0.461 e. The molecule has 7 heteroatoms. The minimum atomic E-state index is -3.59. The van der Waals surface area contributed by atoms with Crippen LogP contribution in [0.4, 0.5) is 0 Å². The van der Waals surface area contributed by atoms with Crippen molar-refractivity contribution in [2.24, 2.45) is 10.6 Å². The third-order valence-electron chi connectivity index (χ3n) is 3.19. The Labute approximate surface area is 94.1 Å². The molecule has 2 rings (SSSR count). The minimum Gasteiger partial charge on any atom is -0.461 e. The number of carbonyl (C=O) groups excluding carboxylic acids is 1. The monoisotopic (exact) mass is 249 g/mol. The number of cyclic esters (lactones) is 1. The van der Waals surface area contributed by atoms with Gasteiger partial charge < -0.3 is 9.47 Å². The number of carbonyl (C=O) groups is 1. The summed E-state index contributed by atoms with van der Waals surface area (Å²) < 4.78 is 32.1. The van der Waals surface area contributed by atoms with E-state index >= 15 is 0 Å². The number of nitrogens with two attached hydrogens (primary N) is 1. The first-order chi connectivity index (χ1) is 7.41. The molecular formula is C9H15NO5S. The number of rotatable bonds is 2. The van der Waals surface area contributed by atoms with Crippen LogP contribution >= 0.6 is 0 Å². The van der Waals surface area contributed by atoms with Gasteiger partial charge in [0.25, 0.3) is 0 Å². The maximum Gasteiger partial charge on any atom is 0.312 e. The van der Waals surface area contributed by atoms with Gasteiger partial charge in [-0.1, -0.05) is 0 Å². The topological polar surface area (TPSA) is 95.7 Å². The van der Waals surface area contributed by atoms with Crippen molar-refractivity contribution in [2.75, 3.05) is 19.0 Å². The molecule has 1 unspecified atom stereocenters. The van der Waals surface area contributed by atoms with Crippen LogP contribution in [0.1, 0.15) is 19.3 Å². The van der Waals surface area contributed by atoms with Gasteiger partial charge in [0.2, 0.25) is 10.0 Å². The van der Waals surface area contributed by atoms with Gasteiger partial charge in [0, 0.05) is 19.6 Å². The van der Waals surface area contributed by atoms with Crippen molar-refractivity contribution in [3.05, 3.63) is 0 Å². The van der Waals surface area contributed by atoms with E-state index in [2.05, 4.69) is 0 Å². The third-order valence-corrected chi connectivity index (χ3v) is 4.03. The molecular weight excluding hydrogens is 234 g/mol. The van der Waals surface area contributed by atoms with Crippen LogP contribution in [0.3, 0.4) is 0 Å². The third kappa shape index (κ3) is 2.36. The molecule has 0 aromatic carbocycles. The second kappa shape index (κ2) is 3.97. The second-order valence-corrected chi connectivity index (χ2v) is 6.11. The molecule has 6 nitrogen and oxygen atoms in total. The van der Waals surface area contributed by atoms with Crippen LogP contribution in [0.25, 0.3) is 0 Å². The van der Waals surface area contributed by atoms with Crippen molar-refractivity contribution in [3.8, 4) is 0 Å². The first kappa shape index (κ1) is 11.8. The Hall–Kier alpha value is -0.660. The SMILES string of the molecule is NS(=O)(=O)CC1CC2(CCOCC2)C(=O)O1. The quantitative estimate of drug-likeness (QED) is 0.658. The Morgan fingerprint density at radius 2 is 2.00 bits per heavy atom. The average Bonchev–Trinajstić information content (AvgIpc) is 2.41. The summed E-state index contributed by atoms with van der Waals surface area (Å²) in [6.45, 7) is 1.05. The molecule has 2 fully saturated rings. The Bertz CT molecular complexity index is 385. The molecule has 0 bridgehead atoms. The van der Waals surface area contributed by atoms with Crippen LogP contribution in [0.15, 0.2) is 0 Å². The highest BCUT2D eigenvalue weighted by molar-refractivity contribution is 7.89. The highest BCUT2D eigenvalue weighted by Gasteiger charge is 2.50. The highest BCUT2D eigenvalue weighted by Crippen LogP contribution is 2.42. The first-order valence-corrected chi connectivity index (χ1v) is 6.92. The summed E-state index contributed by atoms with van der Waals surface area (Å²) in [7, 11) is -3.59. The van der Waals surface area contributed by atoms with Crippen molar-refractivity contribution in [2.45, 2.75) is 25.4 Å². The summed E-state index contributed by atoms with van der Waals surface area (Å²) in [5.41, 5.74) is -0.534. The number of ether oxygens (including phenoxy) is 2. The van der Waals surface area contributed by atoms with E-state index in [-0.39, 0.29) is 11.7 Å². The van der Waals surface area contributed by atoms with Gasteiger partial charge in [-0.3, -0.25) is 4.79 Å². The first-order valence-electron chi connectivity index (χ1n) is 5.21. The molecule has 2 N–H and O–H groups in total. The highest BCUT2D eigenvalue weighted by atomic mass is 32.2. The van der Waals surface area contributed by atoms with Crippen LogP contribution in [-0.4, -0.2) is 39.5 Å². The minimum absolute atomic E-state index is 0.290. The summed E-state index contributed by atoms with van der Waals surface area (Å²) in [5.74, 6) is -0.592. The van der Waals surface area contributed by atoms with Crippen molar-refractivity contribution < 1.29 is 22.7 Å². The molecule has 1 atom stereocenters. The van der Waals surface area contributed by atoms with Crippen molar-refractivity contribution in [3.63, 3.8) is 0 Å². The Morgan fingerprint density at radius 1 is 1.38 bits per heavy atom. The number of hydrogen-bond acceptors (Lipinski definition) is 5. The number of esters is 1. The zero-order chi connectivity index (χ0) is 11.8. The summed E-state index contributed by atoms with van der Waals surface area (Å²) >= 11 is 0. The van der Waals surface area contributed by atoms with Crippen LogP contribution in [0, 0.1) is 5.41 Å². The summed E-state index contributed by atoms with van der Waals surface area (Å²) in [5, 5.41) is 4.93. The molecule has 2 aliphatic rings. The summed E-state index contributed by atoms with van der Waals surface area (Å²) in [6.07, 6.45) is 1.05. The number of sulfonamides is 1. The fourth-order valence-electron chi connectivity index (χ4n) is 2.36. The molecule has 0 radical (unpaired) electrons. The van der Waals surface area contributed by atoms with Crippen LogP contribution in [0.5, 0.6) is 0 Å². The molecule has 1 spiro atoms. The molecule has 0 aromatic heterocycles. The van der Waals surface area contributed by atoms with Crippen molar-refractivity contribution >= 4 is 16.0 Å². The molecule has 0 saturated carbocycles. The fourth-order valence-corrected chi connectivity index (χ4v) is 3.06. The van der Waals surface area contributed by atoms with Gasteiger partial charge in [-0.05, 0) is 12.8 Å². The van der Waals surface area contributed by atoms with Crippen LogP contribution in [0.2, 0.25) is 0 Å². The van der Waals surface area contributed by atoms with Crippen LogP contribution in [-0.2, 0) is 24.3 Å². The van der Waals surface area contributed by atoms with E-state index in [9.17, 15) is 13.2 Å². The summed E-state index contributed by atoms with van der Waals surface area (Å²) in [4.78, 5) is 11.7.